The molecule has 3 fully saturated rings. The molecule has 0 heterocycles. The van der Waals surface area contributed by atoms with E-state index < -0.39 is 0 Å². The summed E-state index contributed by atoms with van der Waals surface area (Å²) in [6, 6.07) is 0. The average molecular weight is 315 g/mol. The third-order valence-corrected chi connectivity index (χ3v) is 9.61. The van der Waals surface area contributed by atoms with Crippen molar-refractivity contribution in [3.8, 4) is 0 Å². The Kier molecular flexibility index (Phi) is 3.27. The molecule has 0 aromatic rings. The predicted molar refractivity (Wildman–Crippen MR) is 95.0 cm³/mol. The molecule has 23 heavy (non-hydrogen) atoms. The number of rotatable bonds is 0. The molecule has 0 radical (unpaired) electrons. The summed E-state index contributed by atoms with van der Waals surface area (Å²) in [4.78, 5) is 12.5. The van der Waals surface area contributed by atoms with Crippen LogP contribution in [0.5, 0.6) is 0 Å². The largest absolute Gasteiger partial charge is 0.299 e. The maximum absolute atomic E-state index is 12.5. The number of Topliss-reactive ketones (excluding diaryl/α,β-unsaturated/α-hetero) is 1. The van der Waals surface area contributed by atoms with Crippen LogP contribution in [-0.4, -0.2) is 5.78 Å². The Morgan fingerprint density at radius 1 is 1.00 bits per heavy atom. The van der Waals surface area contributed by atoms with Crippen LogP contribution < -0.4 is 0 Å². The molecular formula is C22H34O. The van der Waals surface area contributed by atoms with Crippen LogP contribution in [0, 0.1) is 39.9 Å². The van der Waals surface area contributed by atoms with Crippen LogP contribution in [0.15, 0.2) is 11.6 Å². The molecule has 128 valence electrons. The van der Waals surface area contributed by atoms with Gasteiger partial charge in [0, 0.05) is 11.8 Å². The molecule has 3 saturated carbocycles. The van der Waals surface area contributed by atoms with E-state index in [2.05, 4.69) is 40.7 Å². The Hall–Kier alpha value is -0.590. The normalized spacial score (nSPS) is 51.5. The summed E-state index contributed by atoms with van der Waals surface area (Å²) in [5.74, 6) is 3.55. The van der Waals surface area contributed by atoms with E-state index in [4.69, 9.17) is 0 Å². The molecule has 1 nitrogen and oxygen atoms in total. The minimum Gasteiger partial charge on any atom is -0.299 e. The third kappa shape index (κ3) is 1.78. The van der Waals surface area contributed by atoms with Crippen molar-refractivity contribution in [2.24, 2.45) is 39.9 Å². The Balaban J connectivity index is 1.78. The lowest BCUT2D eigenvalue weighted by atomic mass is 9.41. The highest BCUT2D eigenvalue weighted by Crippen LogP contribution is 2.69. The van der Waals surface area contributed by atoms with E-state index in [1.807, 2.05) is 0 Å². The van der Waals surface area contributed by atoms with Gasteiger partial charge in [0.25, 0.3) is 0 Å². The van der Waals surface area contributed by atoms with Gasteiger partial charge in [0.05, 0.1) is 0 Å². The summed E-state index contributed by atoms with van der Waals surface area (Å²) < 4.78 is 0. The van der Waals surface area contributed by atoms with Gasteiger partial charge in [-0.3, -0.25) is 4.79 Å². The zero-order chi connectivity index (χ0) is 16.6. The first kappa shape index (κ1) is 15.9. The number of carbonyl (C=O) groups is 1. The van der Waals surface area contributed by atoms with E-state index in [-0.39, 0.29) is 5.41 Å². The van der Waals surface area contributed by atoms with Crippen LogP contribution in [-0.2, 0) is 4.79 Å². The van der Waals surface area contributed by atoms with Gasteiger partial charge in [-0.25, -0.2) is 0 Å². The number of hydrogen-bond donors (Lipinski definition) is 0. The lowest BCUT2D eigenvalue weighted by Crippen LogP contribution is -2.56. The first-order valence-electron chi connectivity index (χ1n) is 9.95. The van der Waals surface area contributed by atoms with Crippen LogP contribution in [0.4, 0.5) is 0 Å². The van der Waals surface area contributed by atoms with Crippen molar-refractivity contribution >= 4 is 5.78 Å². The van der Waals surface area contributed by atoms with Gasteiger partial charge in [0.15, 0.2) is 0 Å². The van der Waals surface area contributed by atoms with Crippen molar-refractivity contribution < 1.29 is 4.79 Å². The summed E-state index contributed by atoms with van der Waals surface area (Å²) in [6.45, 7) is 12.4. The molecule has 0 amide bonds. The van der Waals surface area contributed by atoms with E-state index in [1.54, 1.807) is 5.57 Å². The zero-order valence-electron chi connectivity index (χ0n) is 15.7. The van der Waals surface area contributed by atoms with Crippen molar-refractivity contribution in [2.75, 3.05) is 0 Å². The van der Waals surface area contributed by atoms with Gasteiger partial charge in [-0.1, -0.05) is 46.3 Å². The summed E-state index contributed by atoms with van der Waals surface area (Å²) in [5.41, 5.74) is 2.49. The van der Waals surface area contributed by atoms with E-state index in [0.717, 1.165) is 37.0 Å². The van der Waals surface area contributed by atoms with Crippen LogP contribution in [0.25, 0.3) is 0 Å². The van der Waals surface area contributed by atoms with Crippen LogP contribution in [0.2, 0.25) is 0 Å². The topological polar surface area (TPSA) is 17.1 Å². The van der Waals surface area contributed by atoms with E-state index in [1.165, 1.54) is 25.7 Å². The van der Waals surface area contributed by atoms with Crippen molar-refractivity contribution in [3.63, 3.8) is 0 Å². The van der Waals surface area contributed by atoms with Crippen LogP contribution in [0.3, 0.4) is 0 Å². The molecule has 0 aliphatic heterocycles. The molecule has 0 bridgehead atoms. The molecule has 4 aliphatic carbocycles. The fourth-order valence-electron chi connectivity index (χ4n) is 7.33. The zero-order valence-corrected chi connectivity index (χ0v) is 15.7. The molecule has 1 heteroatoms. The highest BCUT2D eigenvalue weighted by Gasteiger charge is 2.62. The highest BCUT2D eigenvalue weighted by molar-refractivity contribution is 5.87. The summed E-state index contributed by atoms with van der Waals surface area (Å²) in [6.07, 6.45) is 10.9. The van der Waals surface area contributed by atoms with Gasteiger partial charge in [-0.05, 0) is 73.0 Å². The molecule has 6 atom stereocenters. The second-order valence-corrected chi connectivity index (χ2v) is 10.1. The Labute approximate surface area is 142 Å². The molecule has 0 spiro atoms. The Morgan fingerprint density at radius 2 is 1.74 bits per heavy atom. The highest BCUT2D eigenvalue weighted by atomic mass is 16.1. The molecule has 0 aromatic heterocycles. The minimum absolute atomic E-state index is 0.00724. The van der Waals surface area contributed by atoms with Gasteiger partial charge in [0.2, 0.25) is 0 Å². The number of allylic oxidation sites excluding steroid dienone is 2. The number of hydrogen-bond acceptors (Lipinski definition) is 1. The maximum atomic E-state index is 12.5. The van der Waals surface area contributed by atoms with Crippen molar-refractivity contribution in [3.05, 3.63) is 11.6 Å². The molecule has 0 aromatic carbocycles. The fraction of sp³-hybridized carbons (Fsp3) is 0.864. The van der Waals surface area contributed by atoms with Crippen molar-refractivity contribution in [1.29, 1.82) is 0 Å². The molecule has 0 N–H and O–H groups in total. The lowest BCUT2D eigenvalue weighted by Gasteiger charge is -2.63. The molecular weight excluding hydrogens is 280 g/mol. The second-order valence-electron chi connectivity index (χ2n) is 10.1. The van der Waals surface area contributed by atoms with Crippen LogP contribution >= 0.6 is 0 Å². The van der Waals surface area contributed by atoms with Crippen molar-refractivity contribution in [2.45, 2.75) is 79.6 Å². The first-order chi connectivity index (χ1) is 10.7. The quantitative estimate of drug-likeness (QED) is 0.517. The van der Waals surface area contributed by atoms with Crippen LogP contribution in [0.1, 0.15) is 79.6 Å². The van der Waals surface area contributed by atoms with Gasteiger partial charge < -0.3 is 0 Å². The average Bonchev–Trinajstić information content (AvgIpc) is 2.80. The smallest absolute Gasteiger partial charge is 0.139 e. The van der Waals surface area contributed by atoms with Gasteiger partial charge in [-0.15, -0.1) is 0 Å². The first-order valence-corrected chi connectivity index (χ1v) is 9.95. The summed E-state index contributed by atoms with van der Waals surface area (Å²) in [7, 11) is 0. The summed E-state index contributed by atoms with van der Waals surface area (Å²) in [5, 5.41) is 0. The monoisotopic (exact) mass is 314 g/mol. The standard InChI is InChI=1S/C22H34O/c1-14-6-7-15-8-9-16-17-10-11-19(23)21(17,4)13-12-18(16)22(15,5)20(14,2)3/h8,14,16-18H,6-7,9-13H2,1-5H3/t14?,16-,17-,18-,21-,22-/m0/s1. The number of carbonyl (C=O) groups excluding carboxylic acids is 1. The predicted octanol–water partition coefficient (Wildman–Crippen LogP) is 5.79. The molecule has 4 aliphatic rings. The fourth-order valence-corrected chi connectivity index (χ4v) is 7.33. The second kappa shape index (κ2) is 4.73. The van der Waals surface area contributed by atoms with E-state index >= 15 is 0 Å². The third-order valence-electron chi connectivity index (χ3n) is 9.61. The van der Waals surface area contributed by atoms with Gasteiger partial charge in [0.1, 0.15) is 5.78 Å². The minimum atomic E-state index is 0.00724. The molecule has 1 unspecified atom stereocenters. The van der Waals surface area contributed by atoms with E-state index in [9.17, 15) is 4.79 Å². The van der Waals surface area contributed by atoms with E-state index in [0.29, 0.717) is 22.5 Å². The number of ketones is 1. The van der Waals surface area contributed by atoms with Gasteiger partial charge >= 0.3 is 0 Å². The Bertz CT molecular complexity index is 571. The summed E-state index contributed by atoms with van der Waals surface area (Å²) >= 11 is 0. The lowest BCUT2D eigenvalue weighted by molar-refractivity contribution is -0.136. The SMILES string of the molecule is CC1CCC2=CC[C@@H]3[C@H](CC[C@]4(C)C(=O)CC[C@@H]34)[C@@]2(C)C1(C)C. The molecule has 4 rings (SSSR count). The maximum Gasteiger partial charge on any atom is 0.139 e. The van der Waals surface area contributed by atoms with Crippen molar-refractivity contribution in [1.82, 2.24) is 0 Å². The number of fused-ring (bicyclic) bond motifs is 5. The van der Waals surface area contributed by atoms with Gasteiger partial charge in [-0.2, -0.15) is 0 Å². The Morgan fingerprint density at radius 3 is 2.48 bits per heavy atom. The molecule has 0 saturated heterocycles.